The van der Waals surface area contributed by atoms with Crippen LogP contribution in [0.3, 0.4) is 0 Å². The molecule has 1 heterocycles. The van der Waals surface area contributed by atoms with Crippen LogP contribution in [0, 0.1) is 11.7 Å². The van der Waals surface area contributed by atoms with Crippen LogP contribution in [0.5, 0.6) is 0 Å². The molecule has 1 aliphatic rings. The van der Waals surface area contributed by atoms with Crippen molar-refractivity contribution < 1.29 is 9.13 Å². The van der Waals surface area contributed by atoms with Crippen LogP contribution < -0.4 is 5.73 Å². The molecule has 1 aromatic rings. The van der Waals surface area contributed by atoms with E-state index in [1.807, 2.05) is 6.07 Å². The molecule has 1 saturated heterocycles. The lowest BCUT2D eigenvalue weighted by Crippen LogP contribution is -2.32. The number of halogens is 1. The average molecular weight is 280 g/mol. The highest BCUT2D eigenvalue weighted by atomic mass is 19.1. The zero-order valence-corrected chi connectivity index (χ0v) is 12.2. The first kappa shape index (κ1) is 15.4. The van der Waals surface area contributed by atoms with Crippen molar-refractivity contribution in [2.45, 2.75) is 25.3 Å². The minimum absolute atomic E-state index is 0.205. The molecular formula is C16H25FN2O. The lowest BCUT2D eigenvalue weighted by molar-refractivity contribution is 0.0417. The second-order valence-electron chi connectivity index (χ2n) is 5.76. The maximum absolute atomic E-state index is 13.6. The molecule has 1 aromatic carbocycles. The summed E-state index contributed by atoms with van der Waals surface area (Å²) in [6, 6.07) is 6.54. The maximum Gasteiger partial charge on any atom is 0.127 e. The van der Waals surface area contributed by atoms with Crippen LogP contribution in [0.1, 0.15) is 30.9 Å². The van der Waals surface area contributed by atoms with Gasteiger partial charge in [-0.25, -0.2) is 4.39 Å². The number of hydrogen-bond acceptors (Lipinski definition) is 3. The summed E-state index contributed by atoms with van der Waals surface area (Å²) in [5, 5.41) is 0. The number of benzene rings is 1. The Hall–Kier alpha value is -0.970. The van der Waals surface area contributed by atoms with Crippen molar-refractivity contribution in [3.8, 4) is 0 Å². The minimum atomic E-state index is -0.235. The van der Waals surface area contributed by atoms with Gasteiger partial charge in [0.2, 0.25) is 0 Å². The summed E-state index contributed by atoms with van der Waals surface area (Å²) in [6.07, 6.45) is 3.17. The Balaban J connectivity index is 1.75. The second kappa shape index (κ2) is 7.72. The van der Waals surface area contributed by atoms with Crippen LogP contribution in [0.2, 0.25) is 0 Å². The Morgan fingerprint density at radius 1 is 1.45 bits per heavy atom. The monoisotopic (exact) mass is 280 g/mol. The molecule has 1 fully saturated rings. The first-order valence-corrected chi connectivity index (χ1v) is 7.43. The zero-order valence-electron chi connectivity index (χ0n) is 12.2. The van der Waals surface area contributed by atoms with Crippen molar-refractivity contribution in [3.05, 3.63) is 35.6 Å². The summed E-state index contributed by atoms with van der Waals surface area (Å²) in [5.74, 6) is 0.418. The van der Waals surface area contributed by atoms with Gasteiger partial charge in [0.05, 0.1) is 6.61 Å². The third-order valence-electron chi connectivity index (χ3n) is 3.95. The van der Waals surface area contributed by atoms with E-state index in [1.54, 1.807) is 12.1 Å². The minimum Gasteiger partial charge on any atom is -0.381 e. The molecule has 0 saturated carbocycles. The average Bonchev–Trinajstić information content (AvgIpc) is 2.46. The van der Waals surface area contributed by atoms with Crippen LogP contribution in [-0.2, 0) is 4.74 Å². The van der Waals surface area contributed by atoms with Crippen molar-refractivity contribution in [2.75, 3.05) is 33.4 Å². The van der Waals surface area contributed by atoms with Gasteiger partial charge >= 0.3 is 0 Å². The van der Waals surface area contributed by atoms with E-state index in [4.69, 9.17) is 10.5 Å². The lowest BCUT2D eigenvalue weighted by atomic mass is 10.0. The molecule has 2 rings (SSSR count). The summed E-state index contributed by atoms with van der Waals surface area (Å²) in [5.41, 5.74) is 6.70. The lowest BCUT2D eigenvalue weighted by Gasteiger charge is -2.27. The molecule has 20 heavy (non-hydrogen) atoms. The first-order chi connectivity index (χ1) is 9.66. The molecule has 3 nitrogen and oxygen atoms in total. The molecule has 2 N–H and O–H groups in total. The Labute approximate surface area is 120 Å². The predicted molar refractivity (Wildman–Crippen MR) is 79.0 cm³/mol. The number of rotatable bonds is 6. The smallest absolute Gasteiger partial charge is 0.127 e. The molecule has 0 amide bonds. The van der Waals surface area contributed by atoms with Gasteiger partial charge in [-0.1, -0.05) is 18.2 Å². The molecule has 2 unspecified atom stereocenters. The van der Waals surface area contributed by atoms with Gasteiger partial charge in [-0.15, -0.1) is 0 Å². The summed E-state index contributed by atoms with van der Waals surface area (Å²) < 4.78 is 19.1. The highest BCUT2D eigenvalue weighted by molar-refractivity contribution is 5.20. The highest BCUT2D eigenvalue weighted by Crippen LogP contribution is 2.19. The fourth-order valence-electron chi connectivity index (χ4n) is 2.77. The van der Waals surface area contributed by atoms with Crippen LogP contribution >= 0.6 is 0 Å². The molecule has 0 aromatic heterocycles. The number of ether oxygens (including phenoxy) is 1. The molecule has 0 radical (unpaired) electrons. The fourth-order valence-corrected chi connectivity index (χ4v) is 2.77. The SMILES string of the molecule is CN(CCC(N)c1ccccc1F)CC1CCCOC1. The van der Waals surface area contributed by atoms with Gasteiger partial charge in [-0.05, 0) is 44.8 Å². The molecule has 112 valence electrons. The summed E-state index contributed by atoms with van der Waals surface area (Å²) >= 11 is 0. The van der Waals surface area contributed by atoms with Crippen LogP contribution in [0.4, 0.5) is 4.39 Å². The zero-order chi connectivity index (χ0) is 14.4. The largest absolute Gasteiger partial charge is 0.381 e. The molecule has 4 heteroatoms. The normalized spacial score (nSPS) is 21.1. The molecule has 0 bridgehead atoms. The Morgan fingerprint density at radius 2 is 2.25 bits per heavy atom. The van der Waals surface area contributed by atoms with Crippen LogP contribution in [0.25, 0.3) is 0 Å². The highest BCUT2D eigenvalue weighted by Gasteiger charge is 2.17. The Morgan fingerprint density at radius 3 is 2.95 bits per heavy atom. The number of nitrogens with zero attached hydrogens (tertiary/aromatic N) is 1. The third-order valence-corrected chi connectivity index (χ3v) is 3.95. The molecule has 0 spiro atoms. The van der Waals surface area contributed by atoms with Crippen LogP contribution in [0.15, 0.2) is 24.3 Å². The van der Waals surface area contributed by atoms with E-state index >= 15 is 0 Å². The van der Waals surface area contributed by atoms with Crippen molar-refractivity contribution in [2.24, 2.45) is 11.7 Å². The molecule has 2 atom stereocenters. The van der Waals surface area contributed by atoms with E-state index in [0.29, 0.717) is 11.5 Å². The van der Waals surface area contributed by atoms with Gasteiger partial charge in [0.25, 0.3) is 0 Å². The Kier molecular flexibility index (Phi) is 5.95. The quantitative estimate of drug-likeness (QED) is 0.870. The van der Waals surface area contributed by atoms with Crippen molar-refractivity contribution in [1.82, 2.24) is 4.90 Å². The molecular weight excluding hydrogens is 255 g/mol. The van der Waals surface area contributed by atoms with E-state index in [0.717, 1.165) is 39.1 Å². The van der Waals surface area contributed by atoms with Gasteiger partial charge in [-0.3, -0.25) is 0 Å². The van der Waals surface area contributed by atoms with Crippen molar-refractivity contribution in [3.63, 3.8) is 0 Å². The second-order valence-corrected chi connectivity index (χ2v) is 5.76. The predicted octanol–water partition coefficient (Wildman–Crippen LogP) is 2.57. The first-order valence-electron chi connectivity index (χ1n) is 7.43. The number of hydrogen-bond donors (Lipinski definition) is 1. The van der Waals surface area contributed by atoms with E-state index in [9.17, 15) is 4.39 Å². The van der Waals surface area contributed by atoms with E-state index in [-0.39, 0.29) is 11.9 Å². The van der Waals surface area contributed by atoms with Gasteiger partial charge < -0.3 is 15.4 Å². The van der Waals surface area contributed by atoms with Crippen LogP contribution in [-0.4, -0.2) is 38.3 Å². The van der Waals surface area contributed by atoms with E-state index < -0.39 is 0 Å². The summed E-state index contributed by atoms with van der Waals surface area (Å²) in [6.45, 7) is 3.68. The van der Waals surface area contributed by atoms with Gasteiger partial charge in [0, 0.05) is 24.8 Å². The van der Waals surface area contributed by atoms with E-state index in [2.05, 4.69) is 11.9 Å². The summed E-state index contributed by atoms with van der Waals surface area (Å²) in [4.78, 5) is 2.28. The van der Waals surface area contributed by atoms with Crippen molar-refractivity contribution in [1.29, 1.82) is 0 Å². The molecule has 0 aliphatic carbocycles. The van der Waals surface area contributed by atoms with Gasteiger partial charge in [0.1, 0.15) is 5.82 Å². The van der Waals surface area contributed by atoms with Crippen molar-refractivity contribution >= 4 is 0 Å². The topological polar surface area (TPSA) is 38.5 Å². The summed E-state index contributed by atoms with van der Waals surface area (Å²) in [7, 11) is 2.10. The maximum atomic E-state index is 13.6. The van der Waals surface area contributed by atoms with Gasteiger partial charge in [-0.2, -0.15) is 0 Å². The standard InChI is InChI=1S/C16H25FN2O/c1-19(11-13-5-4-10-20-12-13)9-8-16(18)14-6-2-3-7-15(14)17/h2-3,6-7,13,16H,4-5,8-12,18H2,1H3. The molecule has 1 aliphatic heterocycles. The third kappa shape index (κ3) is 4.54. The number of nitrogens with two attached hydrogens (primary N) is 1. The fraction of sp³-hybridized carbons (Fsp3) is 0.625. The Bertz CT molecular complexity index is 407. The van der Waals surface area contributed by atoms with E-state index in [1.165, 1.54) is 12.5 Å². The van der Waals surface area contributed by atoms with Gasteiger partial charge in [0.15, 0.2) is 0 Å².